The van der Waals surface area contributed by atoms with E-state index in [9.17, 15) is 4.79 Å². The smallest absolute Gasteiger partial charge is 0.226 e. The second-order valence-electron chi connectivity index (χ2n) is 4.87. The number of carbonyl (C=O) groups is 1. The van der Waals surface area contributed by atoms with Crippen molar-refractivity contribution in [3.8, 4) is 5.75 Å². The van der Waals surface area contributed by atoms with Crippen molar-refractivity contribution in [3.05, 3.63) is 27.7 Å². The van der Waals surface area contributed by atoms with Crippen LogP contribution < -0.4 is 10.1 Å². The van der Waals surface area contributed by atoms with Gasteiger partial charge >= 0.3 is 0 Å². The monoisotopic (exact) mass is 396 g/mol. The molecule has 1 fully saturated rings. The van der Waals surface area contributed by atoms with Crippen LogP contribution in [0.2, 0.25) is 5.02 Å². The summed E-state index contributed by atoms with van der Waals surface area (Å²) >= 11 is 9.25. The summed E-state index contributed by atoms with van der Waals surface area (Å²) in [7, 11) is 0. The van der Waals surface area contributed by atoms with Crippen LogP contribution in [0, 0.1) is 0 Å². The zero-order valence-electron chi connectivity index (χ0n) is 11.8. The van der Waals surface area contributed by atoms with Crippen LogP contribution in [0.25, 0.3) is 0 Å². The SMILES string of the molecule is CC1CN(C(=O)CCOc2ccc(Cl)cc2Br)CCN1.Cl. The maximum atomic E-state index is 12.1. The Morgan fingerprint density at radius 2 is 2.33 bits per heavy atom. The molecular formula is C14H19BrCl2N2O2. The van der Waals surface area contributed by atoms with Gasteiger partial charge in [0.2, 0.25) is 5.91 Å². The van der Waals surface area contributed by atoms with Crippen molar-refractivity contribution in [3.63, 3.8) is 0 Å². The highest BCUT2D eigenvalue weighted by atomic mass is 79.9. The van der Waals surface area contributed by atoms with Gasteiger partial charge in [-0.1, -0.05) is 11.6 Å². The van der Waals surface area contributed by atoms with Crippen molar-refractivity contribution in [1.29, 1.82) is 0 Å². The van der Waals surface area contributed by atoms with E-state index in [-0.39, 0.29) is 18.3 Å². The van der Waals surface area contributed by atoms with E-state index in [0.717, 1.165) is 24.1 Å². The number of hydrogen-bond acceptors (Lipinski definition) is 3. The fourth-order valence-electron chi connectivity index (χ4n) is 2.16. The number of benzene rings is 1. The Bertz CT molecular complexity index is 488. The second-order valence-corrected chi connectivity index (χ2v) is 6.16. The Morgan fingerprint density at radius 1 is 1.57 bits per heavy atom. The molecule has 1 saturated heterocycles. The van der Waals surface area contributed by atoms with E-state index in [2.05, 4.69) is 28.2 Å². The van der Waals surface area contributed by atoms with Gasteiger partial charge in [0.05, 0.1) is 17.5 Å². The van der Waals surface area contributed by atoms with E-state index in [1.165, 1.54) is 0 Å². The maximum Gasteiger partial charge on any atom is 0.226 e. The molecule has 1 heterocycles. The van der Waals surface area contributed by atoms with Crippen molar-refractivity contribution in [2.75, 3.05) is 26.2 Å². The van der Waals surface area contributed by atoms with E-state index < -0.39 is 0 Å². The van der Waals surface area contributed by atoms with E-state index in [4.69, 9.17) is 16.3 Å². The van der Waals surface area contributed by atoms with Crippen molar-refractivity contribution < 1.29 is 9.53 Å². The molecule has 1 amide bonds. The molecule has 1 atom stereocenters. The number of carbonyl (C=O) groups excluding carboxylic acids is 1. The van der Waals surface area contributed by atoms with Gasteiger partial charge in [0.1, 0.15) is 5.75 Å². The molecule has 1 aliphatic rings. The van der Waals surface area contributed by atoms with Gasteiger partial charge < -0.3 is 15.0 Å². The third-order valence-corrected chi connectivity index (χ3v) is 4.04. The second kappa shape index (κ2) is 8.83. The molecule has 0 bridgehead atoms. The zero-order chi connectivity index (χ0) is 14.5. The lowest BCUT2D eigenvalue weighted by molar-refractivity contribution is -0.132. The summed E-state index contributed by atoms with van der Waals surface area (Å²) in [5.74, 6) is 0.847. The number of amides is 1. The van der Waals surface area contributed by atoms with Crippen molar-refractivity contribution in [1.82, 2.24) is 10.2 Å². The molecule has 1 aromatic carbocycles. The lowest BCUT2D eigenvalue weighted by Crippen LogP contribution is -2.51. The zero-order valence-corrected chi connectivity index (χ0v) is 14.9. The molecule has 0 aromatic heterocycles. The normalized spacial score (nSPS) is 18.0. The Hall–Kier alpha value is -0.490. The summed E-state index contributed by atoms with van der Waals surface area (Å²) in [6, 6.07) is 5.70. The molecule has 1 aliphatic heterocycles. The van der Waals surface area contributed by atoms with Gasteiger partial charge in [-0.3, -0.25) is 4.79 Å². The number of nitrogens with one attached hydrogen (secondary N) is 1. The standard InChI is InChI=1S/C14H18BrClN2O2.ClH/c1-10-9-18(6-5-17-10)14(19)4-7-20-13-3-2-11(16)8-12(13)15;/h2-3,8,10,17H,4-7,9H2,1H3;1H. The number of ether oxygens (including phenoxy) is 1. The predicted molar refractivity (Wildman–Crippen MR) is 90.6 cm³/mol. The number of rotatable bonds is 4. The molecular weight excluding hydrogens is 379 g/mol. The molecule has 0 saturated carbocycles. The Kier molecular flexibility index (Phi) is 7.81. The summed E-state index contributed by atoms with van der Waals surface area (Å²) in [6.45, 7) is 4.85. The number of hydrogen-bond donors (Lipinski definition) is 1. The first-order valence-electron chi connectivity index (χ1n) is 6.65. The fourth-order valence-corrected chi connectivity index (χ4v) is 2.95. The summed E-state index contributed by atoms with van der Waals surface area (Å²) in [4.78, 5) is 13.9. The molecule has 1 aromatic rings. The first-order valence-corrected chi connectivity index (χ1v) is 7.82. The molecule has 1 N–H and O–H groups in total. The van der Waals surface area contributed by atoms with Crippen LogP contribution in [-0.4, -0.2) is 43.1 Å². The molecule has 21 heavy (non-hydrogen) atoms. The average Bonchev–Trinajstić information content (AvgIpc) is 2.41. The van der Waals surface area contributed by atoms with Crippen LogP contribution in [0.1, 0.15) is 13.3 Å². The molecule has 0 radical (unpaired) electrons. The quantitative estimate of drug-likeness (QED) is 0.848. The van der Waals surface area contributed by atoms with Crippen LogP contribution in [-0.2, 0) is 4.79 Å². The van der Waals surface area contributed by atoms with Gasteiger partial charge in [-0.05, 0) is 41.1 Å². The van der Waals surface area contributed by atoms with Gasteiger partial charge in [0.15, 0.2) is 0 Å². The van der Waals surface area contributed by atoms with Crippen molar-refractivity contribution in [2.45, 2.75) is 19.4 Å². The van der Waals surface area contributed by atoms with Gasteiger partial charge in [0.25, 0.3) is 0 Å². The molecule has 118 valence electrons. The first-order chi connectivity index (χ1) is 9.56. The maximum absolute atomic E-state index is 12.1. The van der Waals surface area contributed by atoms with Crippen molar-refractivity contribution in [2.24, 2.45) is 0 Å². The van der Waals surface area contributed by atoms with Gasteiger partial charge in [-0.15, -0.1) is 12.4 Å². The Morgan fingerprint density at radius 3 is 3.00 bits per heavy atom. The number of halogens is 3. The van der Waals surface area contributed by atoms with Crippen molar-refractivity contribution >= 4 is 45.8 Å². The highest BCUT2D eigenvalue weighted by molar-refractivity contribution is 9.10. The van der Waals surface area contributed by atoms with Crippen LogP contribution in [0.5, 0.6) is 5.75 Å². The first kappa shape index (κ1) is 18.6. The Labute approximate surface area is 144 Å². The molecule has 7 heteroatoms. The third kappa shape index (κ3) is 5.66. The minimum absolute atomic E-state index is 0. The van der Waals surface area contributed by atoms with E-state index in [1.54, 1.807) is 18.2 Å². The predicted octanol–water partition coefficient (Wildman–Crippen LogP) is 3.11. The van der Waals surface area contributed by atoms with Gasteiger partial charge in [-0.25, -0.2) is 0 Å². The topological polar surface area (TPSA) is 41.6 Å². The van der Waals surface area contributed by atoms with Crippen LogP contribution in [0.4, 0.5) is 0 Å². The lowest BCUT2D eigenvalue weighted by atomic mass is 10.2. The molecule has 4 nitrogen and oxygen atoms in total. The minimum Gasteiger partial charge on any atom is -0.492 e. The largest absolute Gasteiger partial charge is 0.492 e. The summed E-state index contributed by atoms with van der Waals surface area (Å²) in [5.41, 5.74) is 0. The van der Waals surface area contributed by atoms with E-state index in [0.29, 0.717) is 29.8 Å². The van der Waals surface area contributed by atoms with Gasteiger partial charge in [0, 0.05) is 30.7 Å². The minimum atomic E-state index is 0. The van der Waals surface area contributed by atoms with Crippen LogP contribution in [0.15, 0.2) is 22.7 Å². The third-order valence-electron chi connectivity index (χ3n) is 3.19. The van der Waals surface area contributed by atoms with Crippen LogP contribution >= 0.6 is 39.9 Å². The average molecular weight is 398 g/mol. The molecule has 2 rings (SSSR count). The molecule has 1 unspecified atom stereocenters. The summed E-state index contributed by atoms with van der Waals surface area (Å²) < 4.78 is 6.41. The Balaban J connectivity index is 0.00000220. The number of piperazine rings is 1. The van der Waals surface area contributed by atoms with Crippen LogP contribution in [0.3, 0.4) is 0 Å². The summed E-state index contributed by atoms with van der Waals surface area (Å²) in [6.07, 6.45) is 0.391. The lowest BCUT2D eigenvalue weighted by Gasteiger charge is -2.31. The highest BCUT2D eigenvalue weighted by Crippen LogP contribution is 2.28. The fraction of sp³-hybridized carbons (Fsp3) is 0.500. The highest BCUT2D eigenvalue weighted by Gasteiger charge is 2.20. The number of nitrogens with zero attached hydrogens (tertiary/aromatic N) is 1. The molecule has 0 spiro atoms. The van der Waals surface area contributed by atoms with E-state index in [1.807, 2.05) is 4.90 Å². The summed E-state index contributed by atoms with van der Waals surface area (Å²) in [5, 5.41) is 3.97. The van der Waals surface area contributed by atoms with Gasteiger partial charge in [-0.2, -0.15) is 0 Å². The van der Waals surface area contributed by atoms with E-state index >= 15 is 0 Å². The molecule has 0 aliphatic carbocycles.